The lowest BCUT2D eigenvalue weighted by Gasteiger charge is -2.35. The molecule has 0 spiro atoms. The van der Waals surface area contributed by atoms with Gasteiger partial charge in [-0.2, -0.15) is 0 Å². The van der Waals surface area contributed by atoms with Crippen molar-refractivity contribution < 1.29 is 0 Å². The number of hydrogen-bond donors (Lipinski definition) is 0. The summed E-state index contributed by atoms with van der Waals surface area (Å²) in [6, 6.07) is 12.3. The Morgan fingerprint density at radius 1 is 0.958 bits per heavy atom. The Morgan fingerprint density at radius 2 is 1.62 bits per heavy atom. The number of aryl methyl sites for hydroxylation is 1. The van der Waals surface area contributed by atoms with Crippen molar-refractivity contribution in [3.63, 3.8) is 0 Å². The summed E-state index contributed by atoms with van der Waals surface area (Å²) in [5, 5.41) is 8.11. The molecule has 0 radical (unpaired) electrons. The topological polar surface area (TPSA) is 37.2 Å². The van der Waals surface area contributed by atoms with Gasteiger partial charge in [0.1, 0.15) is 0 Å². The molecule has 2 fully saturated rings. The lowest BCUT2D eigenvalue weighted by Crippen LogP contribution is -2.45. The van der Waals surface area contributed by atoms with E-state index in [-0.39, 0.29) is 0 Å². The van der Waals surface area contributed by atoms with Crippen LogP contribution in [0.25, 0.3) is 0 Å². The van der Waals surface area contributed by atoms with Crippen LogP contribution in [0.2, 0.25) is 0 Å². The molecule has 0 N–H and O–H groups in total. The van der Waals surface area contributed by atoms with Crippen LogP contribution in [0, 0.1) is 0 Å². The maximum absolute atomic E-state index is 4.08. The van der Waals surface area contributed by atoms with Crippen LogP contribution >= 0.6 is 0 Å². The number of likely N-dealkylation sites (tertiary alicyclic amines) is 2. The van der Waals surface area contributed by atoms with E-state index in [2.05, 4.69) is 50.4 Å². The highest BCUT2D eigenvalue weighted by Gasteiger charge is 2.37. The largest absolute Gasteiger partial charge is 0.295 e. The first-order chi connectivity index (χ1) is 11.8. The predicted octanol–water partition coefficient (Wildman–Crippen LogP) is 2.44. The van der Waals surface area contributed by atoms with E-state index in [1.165, 1.54) is 50.0 Å². The van der Waals surface area contributed by atoms with E-state index in [1.807, 2.05) is 17.9 Å². The Balaban J connectivity index is 1.45. The summed E-state index contributed by atoms with van der Waals surface area (Å²) in [6.07, 6.45) is 7.20. The van der Waals surface area contributed by atoms with E-state index in [0.717, 1.165) is 13.1 Å². The fraction of sp³-hybridized carbons (Fsp3) is 0.579. The first-order valence-corrected chi connectivity index (χ1v) is 9.17. The molecule has 3 heterocycles. The van der Waals surface area contributed by atoms with E-state index in [1.54, 1.807) is 0 Å². The zero-order valence-electron chi connectivity index (χ0n) is 14.5. The van der Waals surface area contributed by atoms with Gasteiger partial charge < -0.3 is 0 Å². The molecule has 5 heteroatoms. The Labute approximate surface area is 144 Å². The van der Waals surface area contributed by atoms with Gasteiger partial charge >= 0.3 is 0 Å². The first kappa shape index (κ1) is 15.8. The fourth-order valence-electron chi connectivity index (χ4n) is 4.45. The molecule has 1 aromatic heterocycles. The SMILES string of the molecule is Cn1nncc1CN1CCC[C@H]1[C@@H]1CCCN1Cc1ccccc1. The molecule has 128 valence electrons. The zero-order valence-corrected chi connectivity index (χ0v) is 14.5. The van der Waals surface area contributed by atoms with Crippen molar-refractivity contribution in [3.8, 4) is 0 Å². The van der Waals surface area contributed by atoms with Crippen molar-refractivity contribution in [1.29, 1.82) is 0 Å². The third-order valence-electron chi connectivity index (χ3n) is 5.67. The third kappa shape index (κ3) is 3.23. The van der Waals surface area contributed by atoms with Crippen LogP contribution in [0.1, 0.15) is 36.9 Å². The van der Waals surface area contributed by atoms with Gasteiger partial charge in [0, 0.05) is 32.2 Å². The van der Waals surface area contributed by atoms with Gasteiger partial charge in [-0.3, -0.25) is 14.5 Å². The monoisotopic (exact) mass is 325 g/mol. The minimum Gasteiger partial charge on any atom is -0.295 e. The first-order valence-electron chi connectivity index (χ1n) is 9.17. The number of hydrogen-bond acceptors (Lipinski definition) is 4. The van der Waals surface area contributed by atoms with Gasteiger partial charge in [0.05, 0.1) is 11.9 Å². The Hall–Kier alpha value is -1.72. The molecule has 2 aliphatic rings. The minimum absolute atomic E-state index is 0.672. The van der Waals surface area contributed by atoms with Gasteiger partial charge in [-0.05, 0) is 44.3 Å². The lowest BCUT2D eigenvalue weighted by atomic mass is 10.0. The Morgan fingerprint density at radius 3 is 2.25 bits per heavy atom. The van der Waals surface area contributed by atoms with Crippen molar-refractivity contribution in [1.82, 2.24) is 24.8 Å². The van der Waals surface area contributed by atoms with Crippen LogP contribution in [-0.2, 0) is 20.1 Å². The summed E-state index contributed by atoms with van der Waals surface area (Å²) in [7, 11) is 1.99. The zero-order chi connectivity index (χ0) is 16.4. The fourth-order valence-corrected chi connectivity index (χ4v) is 4.45. The molecule has 4 rings (SSSR count). The van der Waals surface area contributed by atoms with E-state index in [4.69, 9.17) is 0 Å². The van der Waals surface area contributed by atoms with Gasteiger partial charge in [0.15, 0.2) is 0 Å². The Bertz CT molecular complexity index is 653. The molecule has 2 aliphatic heterocycles. The molecule has 2 aromatic rings. The maximum Gasteiger partial charge on any atom is 0.0738 e. The van der Waals surface area contributed by atoms with Crippen molar-refractivity contribution in [2.24, 2.45) is 7.05 Å². The normalized spacial score (nSPS) is 25.5. The highest BCUT2D eigenvalue weighted by molar-refractivity contribution is 5.15. The molecule has 0 saturated carbocycles. The van der Waals surface area contributed by atoms with Crippen LogP contribution in [0.5, 0.6) is 0 Å². The number of rotatable bonds is 5. The van der Waals surface area contributed by atoms with Crippen molar-refractivity contribution in [3.05, 3.63) is 47.8 Å². The van der Waals surface area contributed by atoms with Crippen molar-refractivity contribution in [2.75, 3.05) is 13.1 Å². The average Bonchev–Trinajstić information content (AvgIpc) is 3.31. The van der Waals surface area contributed by atoms with Crippen molar-refractivity contribution >= 4 is 0 Å². The summed E-state index contributed by atoms with van der Waals surface area (Å²) >= 11 is 0. The maximum atomic E-state index is 4.08. The quantitative estimate of drug-likeness (QED) is 0.846. The molecule has 2 atom stereocenters. The standard InChI is InChI=1S/C19H27N5/c1-22-17(13-20-21-22)15-24-12-6-10-19(24)18-9-5-11-23(18)14-16-7-3-2-4-8-16/h2-4,7-8,13,18-19H,5-6,9-12,14-15H2,1H3/t18-,19-/m0/s1. The van der Waals surface area contributed by atoms with Gasteiger partial charge in [0.2, 0.25) is 0 Å². The van der Waals surface area contributed by atoms with Crippen LogP contribution < -0.4 is 0 Å². The molecule has 2 saturated heterocycles. The number of benzene rings is 1. The van der Waals surface area contributed by atoms with Crippen LogP contribution in [0.3, 0.4) is 0 Å². The second kappa shape index (κ2) is 7.03. The second-order valence-corrected chi connectivity index (χ2v) is 7.19. The van der Waals surface area contributed by atoms with Crippen LogP contribution in [0.4, 0.5) is 0 Å². The van der Waals surface area contributed by atoms with Gasteiger partial charge in [-0.1, -0.05) is 35.5 Å². The molecular formula is C19H27N5. The molecular weight excluding hydrogens is 298 g/mol. The number of nitrogens with zero attached hydrogens (tertiary/aromatic N) is 5. The van der Waals surface area contributed by atoms with E-state index in [0.29, 0.717) is 12.1 Å². The molecule has 0 amide bonds. The van der Waals surface area contributed by atoms with Crippen molar-refractivity contribution in [2.45, 2.75) is 50.9 Å². The highest BCUT2D eigenvalue weighted by Crippen LogP contribution is 2.31. The van der Waals surface area contributed by atoms with Gasteiger partial charge in [-0.25, -0.2) is 0 Å². The Kier molecular flexibility index (Phi) is 4.63. The highest BCUT2D eigenvalue weighted by atomic mass is 15.4. The average molecular weight is 325 g/mol. The molecule has 24 heavy (non-hydrogen) atoms. The van der Waals surface area contributed by atoms with Gasteiger partial charge in [0.25, 0.3) is 0 Å². The summed E-state index contributed by atoms with van der Waals surface area (Å²) in [4.78, 5) is 5.37. The summed E-state index contributed by atoms with van der Waals surface area (Å²) in [5.74, 6) is 0. The summed E-state index contributed by atoms with van der Waals surface area (Å²) in [6.45, 7) is 4.50. The third-order valence-corrected chi connectivity index (χ3v) is 5.67. The second-order valence-electron chi connectivity index (χ2n) is 7.19. The molecule has 0 unspecified atom stereocenters. The van der Waals surface area contributed by atoms with E-state index >= 15 is 0 Å². The number of aromatic nitrogens is 3. The molecule has 0 aliphatic carbocycles. The van der Waals surface area contributed by atoms with Crippen LogP contribution in [0.15, 0.2) is 36.5 Å². The lowest BCUT2D eigenvalue weighted by molar-refractivity contribution is 0.122. The van der Waals surface area contributed by atoms with Gasteiger partial charge in [-0.15, -0.1) is 5.10 Å². The summed E-state index contributed by atoms with van der Waals surface area (Å²) < 4.78 is 1.91. The van der Waals surface area contributed by atoms with E-state index in [9.17, 15) is 0 Å². The molecule has 5 nitrogen and oxygen atoms in total. The molecule has 0 bridgehead atoms. The van der Waals surface area contributed by atoms with Crippen LogP contribution in [-0.4, -0.2) is 50.0 Å². The predicted molar refractivity (Wildman–Crippen MR) is 94.3 cm³/mol. The summed E-state index contributed by atoms with van der Waals surface area (Å²) in [5.41, 5.74) is 2.65. The smallest absolute Gasteiger partial charge is 0.0738 e. The molecule has 1 aromatic carbocycles. The van der Waals surface area contributed by atoms with E-state index < -0.39 is 0 Å². The minimum atomic E-state index is 0.672.